The van der Waals surface area contributed by atoms with Gasteiger partial charge < -0.3 is 5.11 Å². The van der Waals surface area contributed by atoms with E-state index in [-0.39, 0.29) is 5.92 Å². The first-order valence-corrected chi connectivity index (χ1v) is 9.04. The minimum atomic E-state index is -0.860. The summed E-state index contributed by atoms with van der Waals surface area (Å²) in [6.07, 6.45) is 0.894. The number of hydrogen-bond donors (Lipinski definition) is 1. The van der Waals surface area contributed by atoms with Gasteiger partial charge in [0, 0.05) is 18.0 Å². The van der Waals surface area contributed by atoms with E-state index in [1.807, 2.05) is 30.3 Å². The van der Waals surface area contributed by atoms with E-state index in [1.165, 1.54) is 5.56 Å². The van der Waals surface area contributed by atoms with Gasteiger partial charge in [-0.3, -0.25) is 4.90 Å². The Labute approximate surface area is 151 Å². The maximum absolute atomic E-state index is 11.7. The molecule has 1 unspecified atom stereocenters. The van der Waals surface area contributed by atoms with Gasteiger partial charge >= 0.3 is 5.97 Å². The van der Waals surface area contributed by atoms with E-state index in [2.05, 4.69) is 44.7 Å². The number of nitrogens with zero attached hydrogens (tertiary/aromatic N) is 1. The van der Waals surface area contributed by atoms with Crippen molar-refractivity contribution in [3.63, 3.8) is 0 Å². The SMILES string of the molecule is CC(C)N(CCC(c1ccccc1)c1ccccc1C(=O)O)C(C)C. The van der Waals surface area contributed by atoms with E-state index >= 15 is 0 Å². The largest absolute Gasteiger partial charge is 0.478 e. The summed E-state index contributed by atoms with van der Waals surface area (Å²) in [7, 11) is 0. The van der Waals surface area contributed by atoms with Crippen LogP contribution in [0.25, 0.3) is 0 Å². The molecular formula is C22H29NO2. The number of carboxylic acids is 1. The van der Waals surface area contributed by atoms with Crippen molar-refractivity contribution in [3.8, 4) is 0 Å². The van der Waals surface area contributed by atoms with Crippen molar-refractivity contribution < 1.29 is 9.90 Å². The molecule has 134 valence electrons. The molecule has 3 heteroatoms. The fourth-order valence-electron chi connectivity index (χ4n) is 3.57. The molecule has 0 bridgehead atoms. The maximum atomic E-state index is 11.7. The number of aromatic carboxylic acids is 1. The first-order chi connectivity index (χ1) is 11.9. The van der Waals surface area contributed by atoms with Gasteiger partial charge in [-0.2, -0.15) is 0 Å². The van der Waals surface area contributed by atoms with Crippen molar-refractivity contribution in [1.82, 2.24) is 4.90 Å². The molecule has 1 N–H and O–H groups in total. The molecule has 0 spiro atoms. The minimum Gasteiger partial charge on any atom is -0.478 e. The Morgan fingerprint density at radius 2 is 1.48 bits per heavy atom. The Bertz CT molecular complexity index is 671. The van der Waals surface area contributed by atoms with Gasteiger partial charge in [0.05, 0.1) is 5.56 Å². The second kappa shape index (κ2) is 8.82. The van der Waals surface area contributed by atoms with Gasteiger partial charge in [0.2, 0.25) is 0 Å². The zero-order valence-corrected chi connectivity index (χ0v) is 15.6. The summed E-state index contributed by atoms with van der Waals surface area (Å²) in [6, 6.07) is 18.5. The Hall–Kier alpha value is -2.13. The standard InChI is InChI=1S/C22H29NO2/c1-16(2)23(17(3)4)15-14-19(18-10-6-5-7-11-18)20-12-8-9-13-21(20)22(24)25/h5-13,16-17,19H,14-15H2,1-4H3,(H,24,25). The lowest BCUT2D eigenvalue weighted by molar-refractivity contribution is 0.0695. The van der Waals surface area contributed by atoms with Crippen molar-refractivity contribution in [2.75, 3.05) is 6.54 Å². The molecule has 25 heavy (non-hydrogen) atoms. The number of carbonyl (C=O) groups is 1. The van der Waals surface area contributed by atoms with Crippen LogP contribution in [0.2, 0.25) is 0 Å². The van der Waals surface area contributed by atoms with Gasteiger partial charge in [-0.05, 0) is 57.9 Å². The Morgan fingerprint density at radius 1 is 0.920 bits per heavy atom. The predicted octanol–water partition coefficient (Wildman–Crippen LogP) is 5.03. The molecule has 1 atom stereocenters. The molecule has 0 amide bonds. The highest BCUT2D eigenvalue weighted by Gasteiger charge is 2.22. The second-order valence-electron chi connectivity index (χ2n) is 7.07. The van der Waals surface area contributed by atoms with Crippen molar-refractivity contribution in [2.45, 2.75) is 52.1 Å². The molecule has 0 aliphatic rings. The number of rotatable bonds is 8. The van der Waals surface area contributed by atoms with Crippen LogP contribution in [0.5, 0.6) is 0 Å². The van der Waals surface area contributed by atoms with Crippen LogP contribution < -0.4 is 0 Å². The molecule has 3 nitrogen and oxygen atoms in total. The van der Waals surface area contributed by atoms with Gasteiger partial charge in [-0.1, -0.05) is 48.5 Å². The lowest BCUT2D eigenvalue weighted by Crippen LogP contribution is -2.38. The molecule has 0 fully saturated rings. The lowest BCUT2D eigenvalue weighted by Gasteiger charge is -2.32. The monoisotopic (exact) mass is 339 g/mol. The van der Waals surface area contributed by atoms with E-state index in [9.17, 15) is 9.90 Å². The molecule has 0 aliphatic carbocycles. The van der Waals surface area contributed by atoms with Crippen molar-refractivity contribution >= 4 is 5.97 Å². The molecule has 0 radical (unpaired) electrons. The fourth-order valence-corrected chi connectivity index (χ4v) is 3.57. The highest BCUT2D eigenvalue weighted by atomic mass is 16.4. The van der Waals surface area contributed by atoms with Crippen LogP contribution in [-0.2, 0) is 0 Å². The predicted molar refractivity (Wildman–Crippen MR) is 103 cm³/mol. The molecule has 2 rings (SSSR count). The maximum Gasteiger partial charge on any atom is 0.335 e. The fraction of sp³-hybridized carbons (Fsp3) is 0.409. The summed E-state index contributed by atoms with van der Waals surface area (Å²) in [5, 5.41) is 9.60. The summed E-state index contributed by atoms with van der Waals surface area (Å²) in [5.74, 6) is -0.783. The minimum absolute atomic E-state index is 0.0773. The zero-order valence-electron chi connectivity index (χ0n) is 15.6. The van der Waals surface area contributed by atoms with E-state index in [1.54, 1.807) is 12.1 Å². The molecular weight excluding hydrogens is 310 g/mol. The highest BCUT2D eigenvalue weighted by molar-refractivity contribution is 5.89. The molecule has 0 saturated heterocycles. The van der Waals surface area contributed by atoms with E-state index in [0.29, 0.717) is 17.6 Å². The topological polar surface area (TPSA) is 40.5 Å². The number of hydrogen-bond acceptors (Lipinski definition) is 2. The second-order valence-corrected chi connectivity index (χ2v) is 7.07. The third-order valence-electron chi connectivity index (χ3n) is 4.77. The third-order valence-corrected chi connectivity index (χ3v) is 4.77. The molecule has 2 aromatic rings. The Kier molecular flexibility index (Phi) is 6.77. The number of benzene rings is 2. The van der Waals surface area contributed by atoms with Crippen LogP contribution in [0.3, 0.4) is 0 Å². The van der Waals surface area contributed by atoms with Crippen LogP contribution in [-0.4, -0.2) is 34.6 Å². The van der Waals surface area contributed by atoms with E-state index in [4.69, 9.17) is 0 Å². The van der Waals surface area contributed by atoms with Gasteiger partial charge in [0.1, 0.15) is 0 Å². The Balaban J connectivity index is 2.37. The van der Waals surface area contributed by atoms with E-state index < -0.39 is 5.97 Å². The molecule has 2 aromatic carbocycles. The van der Waals surface area contributed by atoms with E-state index in [0.717, 1.165) is 18.5 Å². The van der Waals surface area contributed by atoms with Crippen LogP contribution in [0, 0.1) is 0 Å². The third kappa shape index (κ3) is 4.93. The van der Waals surface area contributed by atoms with Gasteiger partial charge in [0.25, 0.3) is 0 Å². The Morgan fingerprint density at radius 3 is 2.04 bits per heavy atom. The molecule has 0 aromatic heterocycles. The molecule has 0 saturated carbocycles. The summed E-state index contributed by atoms with van der Waals surface area (Å²) in [5.41, 5.74) is 2.47. The van der Waals surface area contributed by atoms with Crippen molar-refractivity contribution in [3.05, 3.63) is 71.3 Å². The van der Waals surface area contributed by atoms with Gasteiger partial charge in [-0.25, -0.2) is 4.79 Å². The van der Waals surface area contributed by atoms with Crippen LogP contribution >= 0.6 is 0 Å². The number of carboxylic acid groups (broad SMARTS) is 1. The smallest absolute Gasteiger partial charge is 0.335 e. The van der Waals surface area contributed by atoms with Crippen LogP contribution in [0.4, 0.5) is 0 Å². The summed E-state index contributed by atoms with van der Waals surface area (Å²) in [6.45, 7) is 9.78. The summed E-state index contributed by atoms with van der Waals surface area (Å²) in [4.78, 5) is 14.2. The molecule has 0 heterocycles. The van der Waals surface area contributed by atoms with Crippen molar-refractivity contribution in [1.29, 1.82) is 0 Å². The quantitative estimate of drug-likeness (QED) is 0.733. The highest BCUT2D eigenvalue weighted by Crippen LogP contribution is 2.31. The average molecular weight is 339 g/mol. The normalized spacial score (nSPS) is 12.8. The first-order valence-electron chi connectivity index (χ1n) is 9.04. The zero-order chi connectivity index (χ0) is 18.4. The summed E-state index contributed by atoms with van der Waals surface area (Å²) < 4.78 is 0. The first kappa shape index (κ1) is 19.2. The van der Waals surface area contributed by atoms with Crippen LogP contribution in [0.15, 0.2) is 54.6 Å². The van der Waals surface area contributed by atoms with Gasteiger partial charge in [-0.15, -0.1) is 0 Å². The lowest BCUT2D eigenvalue weighted by atomic mass is 9.85. The summed E-state index contributed by atoms with van der Waals surface area (Å²) >= 11 is 0. The van der Waals surface area contributed by atoms with Gasteiger partial charge in [0.15, 0.2) is 0 Å². The van der Waals surface area contributed by atoms with Crippen molar-refractivity contribution in [2.24, 2.45) is 0 Å². The van der Waals surface area contributed by atoms with Crippen LogP contribution in [0.1, 0.15) is 61.5 Å². The average Bonchev–Trinajstić information content (AvgIpc) is 2.59. The molecule has 0 aliphatic heterocycles.